The number of anilines is 1. The van der Waals surface area contributed by atoms with Crippen LogP contribution in [-0.2, 0) is 0 Å². The van der Waals surface area contributed by atoms with E-state index >= 15 is 0 Å². The molecule has 0 saturated heterocycles. The molecule has 80 valence electrons. The van der Waals surface area contributed by atoms with Crippen molar-refractivity contribution in [1.29, 1.82) is 0 Å². The molecule has 2 rings (SSSR count). The standard InChI is InChI=1S/C11H14N2O2/c1-11(4-2-5-11)13-9-7-8(10(14)15)3-6-12-9/h3,6-7H,2,4-5H2,1H3,(H,12,13)(H,14,15). The fraction of sp³-hybridized carbons (Fsp3) is 0.455. The molecule has 1 aromatic heterocycles. The molecule has 2 N–H and O–H groups in total. The third-order valence-corrected chi connectivity index (χ3v) is 2.89. The van der Waals surface area contributed by atoms with Crippen LogP contribution in [0.2, 0.25) is 0 Å². The Balaban J connectivity index is 2.14. The SMILES string of the molecule is CC1(Nc2cc(C(=O)O)ccn2)CCC1. The van der Waals surface area contributed by atoms with E-state index in [2.05, 4.69) is 17.2 Å². The lowest BCUT2D eigenvalue weighted by molar-refractivity contribution is 0.0696. The second kappa shape index (κ2) is 3.53. The van der Waals surface area contributed by atoms with Crippen molar-refractivity contribution < 1.29 is 9.90 Å². The maximum absolute atomic E-state index is 10.7. The van der Waals surface area contributed by atoms with Gasteiger partial charge in [-0.25, -0.2) is 9.78 Å². The summed E-state index contributed by atoms with van der Waals surface area (Å²) in [5.74, 6) is -0.267. The van der Waals surface area contributed by atoms with Gasteiger partial charge in [-0.15, -0.1) is 0 Å². The monoisotopic (exact) mass is 206 g/mol. The highest BCUT2D eigenvalue weighted by Crippen LogP contribution is 2.34. The summed E-state index contributed by atoms with van der Waals surface area (Å²) in [6, 6.07) is 3.07. The topological polar surface area (TPSA) is 62.2 Å². The number of carboxylic acids is 1. The zero-order valence-electron chi connectivity index (χ0n) is 8.66. The van der Waals surface area contributed by atoms with Gasteiger partial charge >= 0.3 is 5.97 Å². The lowest BCUT2D eigenvalue weighted by Gasteiger charge is -2.39. The van der Waals surface area contributed by atoms with Gasteiger partial charge in [0.2, 0.25) is 0 Å². The maximum atomic E-state index is 10.7. The molecule has 15 heavy (non-hydrogen) atoms. The van der Waals surface area contributed by atoms with Gasteiger partial charge in [0.15, 0.2) is 0 Å². The summed E-state index contributed by atoms with van der Waals surface area (Å²) in [5, 5.41) is 12.1. The van der Waals surface area contributed by atoms with Crippen LogP contribution in [0.1, 0.15) is 36.5 Å². The molecule has 0 unspecified atom stereocenters. The number of aromatic nitrogens is 1. The largest absolute Gasteiger partial charge is 0.478 e. The first kappa shape index (κ1) is 9.96. The molecule has 4 heteroatoms. The minimum absolute atomic E-state index is 0.101. The van der Waals surface area contributed by atoms with Crippen molar-refractivity contribution in [3.63, 3.8) is 0 Å². The number of rotatable bonds is 3. The number of carbonyl (C=O) groups is 1. The molecule has 0 bridgehead atoms. The van der Waals surface area contributed by atoms with E-state index in [0.29, 0.717) is 5.82 Å². The van der Waals surface area contributed by atoms with Crippen molar-refractivity contribution in [3.8, 4) is 0 Å². The Morgan fingerprint density at radius 3 is 2.87 bits per heavy atom. The van der Waals surface area contributed by atoms with Crippen LogP contribution in [0.25, 0.3) is 0 Å². The Bertz CT molecular complexity index is 386. The summed E-state index contributed by atoms with van der Waals surface area (Å²) >= 11 is 0. The minimum Gasteiger partial charge on any atom is -0.478 e. The van der Waals surface area contributed by atoms with Crippen LogP contribution in [0.4, 0.5) is 5.82 Å². The highest BCUT2D eigenvalue weighted by Gasteiger charge is 2.31. The average molecular weight is 206 g/mol. The third kappa shape index (κ3) is 2.09. The van der Waals surface area contributed by atoms with E-state index < -0.39 is 5.97 Å². The summed E-state index contributed by atoms with van der Waals surface area (Å²) in [7, 11) is 0. The van der Waals surface area contributed by atoms with Gasteiger partial charge in [-0.3, -0.25) is 0 Å². The Kier molecular flexibility index (Phi) is 2.34. The Morgan fingerprint density at radius 1 is 1.60 bits per heavy atom. The molecule has 0 aliphatic heterocycles. The molecular weight excluding hydrogens is 192 g/mol. The van der Waals surface area contributed by atoms with E-state index in [1.165, 1.54) is 18.7 Å². The number of nitrogens with one attached hydrogen (secondary N) is 1. The third-order valence-electron chi connectivity index (χ3n) is 2.89. The highest BCUT2D eigenvalue weighted by atomic mass is 16.4. The molecule has 0 radical (unpaired) electrons. The van der Waals surface area contributed by atoms with Crippen molar-refractivity contribution in [1.82, 2.24) is 4.98 Å². The molecule has 0 spiro atoms. The molecule has 4 nitrogen and oxygen atoms in total. The van der Waals surface area contributed by atoms with Gasteiger partial charge in [-0.1, -0.05) is 0 Å². The number of aromatic carboxylic acids is 1. The van der Waals surface area contributed by atoms with Crippen LogP contribution in [0.3, 0.4) is 0 Å². The van der Waals surface area contributed by atoms with Crippen LogP contribution in [0.15, 0.2) is 18.3 Å². The summed E-state index contributed by atoms with van der Waals surface area (Å²) in [6.07, 6.45) is 4.98. The van der Waals surface area contributed by atoms with Gasteiger partial charge in [0.25, 0.3) is 0 Å². The second-order valence-electron chi connectivity index (χ2n) is 4.27. The van der Waals surface area contributed by atoms with Crippen LogP contribution < -0.4 is 5.32 Å². The van der Waals surface area contributed by atoms with E-state index in [-0.39, 0.29) is 11.1 Å². The van der Waals surface area contributed by atoms with Crippen LogP contribution in [0, 0.1) is 0 Å². The minimum atomic E-state index is -0.917. The fourth-order valence-corrected chi connectivity index (χ4v) is 1.77. The molecule has 0 aromatic carbocycles. The summed E-state index contributed by atoms with van der Waals surface area (Å²) in [5.41, 5.74) is 0.375. The second-order valence-corrected chi connectivity index (χ2v) is 4.27. The smallest absolute Gasteiger partial charge is 0.335 e. The molecule has 1 fully saturated rings. The van der Waals surface area contributed by atoms with E-state index in [1.807, 2.05) is 0 Å². The first-order chi connectivity index (χ1) is 7.09. The number of carboxylic acid groups (broad SMARTS) is 1. The molecule has 0 atom stereocenters. The number of nitrogens with zero attached hydrogens (tertiary/aromatic N) is 1. The lowest BCUT2D eigenvalue weighted by Crippen LogP contribution is -2.41. The first-order valence-corrected chi connectivity index (χ1v) is 5.07. The number of hydrogen-bond donors (Lipinski definition) is 2. The molecule has 1 saturated carbocycles. The summed E-state index contributed by atoms with van der Waals surface area (Å²) < 4.78 is 0. The molecule has 1 aliphatic carbocycles. The predicted molar refractivity (Wildman–Crippen MR) is 57.1 cm³/mol. The molecule has 1 aromatic rings. The molecule has 1 heterocycles. The van der Waals surface area contributed by atoms with Crippen LogP contribution in [-0.4, -0.2) is 21.6 Å². The highest BCUT2D eigenvalue weighted by molar-refractivity contribution is 5.88. The lowest BCUT2D eigenvalue weighted by atomic mass is 9.78. The van der Waals surface area contributed by atoms with Crippen LogP contribution >= 0.6 is 0 Å². The fourth-order valence-electron chi connectivity index (χ4n) is 1.77. The van der Waals surface area contributed by atoms with Crippen molar-refractivity contribution in [2.45, 2.75) is 31.7 Å². The van der Waals surface area contributed by atoms with E-state index in [4.69, 9.17) is 5.11 Å². The zero-order chi connectivity index (χ0) is 10.9. The van der Waals surface area contributed by atoms with Gasteiger partial charge in [0, 0.05) is 11.7 Å². The van der Waals surface area contributed by atoms with Crippen molar-refractivity contribution >= 4 is 11.8 Å². The Hall–Kier alpha value is -1.58. The molecular formula is C11H14N2O2. The van der Waals surface area contributed by atoms with E-state index in [0.717, 1.165) is 12.8 Å². The Morgan fingerprint density at radius 2 is 2.33 bits per heavy atom. The van der Waals surface area contributed by atoms with Gasteiger partial charge in [0.05, 0.1) is 5.56 Å². The van der Waals surface area contributed by atoms with Gasteiger partial charge in [0.1, 0.15) is 5.82 Å². The maximum Gasteiger partial charge on any atom is 0.335 e. The number of pyridine rings is 1. The molecule has 0 amide bonds. The van der Waals surface area contributed by atoms with Gasteiger partial charge in [-0.2, -0.15) is 0 Å². The first-order valence-electron chi connectivity index (χ1n) is 5.07. The predicted octanol–water partition coefficient (Wildman–Crippen LogP) is 2.13. The van der Waals surface area contributed by atoms with Crippen molar-refractivity contribution in [2.24, 2.45) is 0 Å². The quantitative estimate of drug-likeness (QED) is 0.795. The zero-order valence-corrected chi connectivity index (χ0v) is 8.66. The Labute approximate surface area is 88.3 Å². The summed E-state index contributed by atoms with van der Waals surface area (Å²) in [6.45, 7) is 2.13. The van der Waals surface area contributed by atoms with Gasteiger partial charge in [-0.05, 0) is 38.3 Å². The van der Waals surface area contributed by atoms with E-state index in [9.17, 15) is 4.79 Å². The van der Waals surface area contributed by atoms with Crippen molar-refractivity contribution in [2.75, 3.05) is 5.32 Å². The summed E-state index contributed by atoms with van der Waals surface area (Å²) in [4.78, 5) is 14.9. The molecule has 1 aliphatic rings. The average Bonchev–Trinajstić information content (AvgIpc) is 2.16. The van der Waals surface area contributed by atoms with Gasteiger partial charge < -0.3 is 10.4 Å². The normalized spacial score (nSPS) is 17.9. The van der Waals surface area contributed by atoms with E-state index in [1.54, 1.807) is 6.07 Å². The number of hydrogen-bond acceptors (Lipinski definition) is 3. The van der Waals surface area contributed by atoms with Crippen LogP contribution in [0.5, 0.6) is 0 Å². The van der Waals surface area contributed by atoms with Crippen molar-refractivity contribution in [3.05, 3.63) is 23.9 Å².